The number of likely N-dealkylation sites (tertiary alicyclic amines) is 1. The molecule has 1 aliphatic rings. The molecule has 1 aliphatic heterocycles. The first kappa shape index (κ1) is 27.6. The van der Waals surface area contributed by atoms with Gasteiger partial charge in [0.05, 0.1) is 23.3 Å². The van der Waals surface area contributed by atoms with E-state index < -0.39 is 24.6 Å². The molecule has 0 spiro atoms. The highest BCUT2D eigenvalue weighted by Gasteiger charge is 2.31. The van der Waals surface area contributed by atoms with Crippen molar-refractivity contribution >= 4 is 39.8 Å². The van der Waals surface area contributed by atoms with Crippen LogP contribution in [0.2, 0.25) is 0 Å². The Labute approximate surface area is 231 Å². The zero-order chi connectivity index (χ0) is 28.4. The Hall–Kier alpha value is -3.97. The van der Waals surface area contributed by atoms with Crippen LogP contribution in [0.1, 0.15) is 38.6 Å². The lowest BCUT2D eigenvalue weighted by Crippen LogP contribution is -2.36. The van der Waals surface area contributed by atoms with Crippen molar-refractivity contribution in [1.82, 2.24) is 25.0 Å². The van der Waals surface area contributed by atoms with Gasteiger partial charge in [0.15, 0.2) is 5.01 Å². The number of hydrogen-bond acceptors (Lipinski definition) is 7. The first-order valence-electron chi connectivity index (χ1n) is 12.7. The number of carbonyl (C=O) groups is 2. The number of nitrogens with zero attached hydrogens (tertiary/aromatic N) is 4. The second-order valence-corrected chi connectivity index (χ2v) is 10.8. The molecular weight excluding hydrogens is 545 g/mol. The second-order valence-electron chi connectivity index (χ2n) is 9.76. The number of amides is 1. The van der Waals surface area contributed by atoms with Gasteiger partial charge in [-0.05, 0) is 75.4 Å². The molecule has 9 nitrogen and oxygen atoms in total. The maximum absolute atomic E-state index is 13.6. The van der Waals surface area contributed by atoms with Crippen LogP contribution < -0.4 is 10.6 Å². The average Bonchev–Trinajstić information content (AvgIpc) is 3.53. The number of carboxylic acid groups (broad SMARTS) is 1. The van der Waals surface area contributed by atoms with Gasteiger partial charge < -0.3 is 25.2 Å². The molecule has 2 aromatic carbocycles. The number of aromatic nitrogens is 3. The average molecular weight is 573 g/mol. The highest BCUT2D eigenvalue weighted by molar-refractivity contribution is 7.14. The monoisotopic (exact) mass is 572 g/mol. The van der Waals surface area contributed by atoms with Crippen LogP contribution in [0.15, 0.2) is 48.5 Å². The molecule has 210 valence electrons. The Morgan fingerprint density at radius 1 is 1.07 bits per heavy atom. The molecule has 40 heavy (non-hydrogen) atoms. The van der Waals surface area contributed by atoms with Crippen LogP contribution in [-0.4, -0.2) is 69.0 Å². The summed E-state index contributed by atoms with van der Waals surface area (Å²) in [6, 6.07) is 12.7. The SMILES string of the molecule is CN1CCC(Nc2cccc3c2cc(-c2nnc(CNC(=O)c4ccc(C(=O)O)cc4)s2)n3CC(F)(F)F)CC1. The minimum Gasteiger partial charge on any atom is -0.478 e. The van der Waals surface area contributed by atoms with Gasteiger partial charge in [-0.2, -0.15) is 13.2 Å². The molecule has 0 bridgehead atoms. The number of piperidine rings is 1. The van der Waals surface area contributed by atoms with Crippen molar-refractivity contribution in [3.63, 3.8) is 0 Å². The van der Waals surface area contributed by atoms with Gasteiger partial charge in [0.2, 0.25) is 0 Å². The predicted octanol–water partition coefficient (Wildman–Crippen LogP) is 4.86. The fraction of sp³-hybridized carbons (Fsp3) is 0.333. The van der Waals surface area contributed by atoms with Crippen molar-refractivity contribution in [2.75, 3.05) is 25.5 Å². The van der Waals surface area contributed by atoms with E-state index in [2.05, 4.69) is 32.8 Å². The summed E-state index contributed by atoms with van der Waals surface area (Å²) in [6.07, 6.45) is -2.56. The van der Waals surface area contributed by atoms with Crippen molar-refractivity contribution < 1.29 is 27.9 Å². The smallest absolute Gasteiger partial charge is 0.406 e. The molecule has 1 amide bonds. The van der Waals surface area contributed by atoms with E-state index in [0.29, 0.717) is 26.6 Å². The summed E-state index contributed by atoms with van der Waals surface area (Å²) in [6.45, 7) is 0.735. The lowest BCUT2D eigenvalue weighted by Gasteiger charge is -2.30. The molecular formula is C27H27F3N6O3S. The van der Waals surface area contributed by atoms with E-state index in [-0.39, 0.29) is 23.7 Å². The van der Waals surface area contributed by atoms with Crippen molar-refractivity contribution in [2.45, 2.75) is 38.1 Å². The molecule has 0 radical (unpaired) electrons. The highest BCUT2D eigenvalue weighted by atomic mass is 32.1. The molecule has 4 aromatic rings. The predicted molar refractivity (Wildman–Crippen MR) is 146 cm³/mol. The van der Waals surface area contributed by atoms with E-state index in [1.54, 1.807) is 18.2 Å². The number of fused-ring (bicyclic) bond motifs is 1. The van der Waals surface area contributed by atoms with Gasteiger partial charge in [-0.1, -0.05) is 17.4 Å². The summed E-state index contributed by atoms with van der Waals surface area (Å²) >= 11 is 1.10. The van der Waals surface area contributed by atoms with E-state index in [1.165, 1.54) is 28.8 Å². The topological polar surface area (TPSA) is 112 Å². The molecule has 0 atom stereocenters. The number of rotatable bonds is 8. The van der Waals surface area contributed by atoms with Gasteiger partial charge in [-0.15, -0.1) is 10.2 Å². The van der Waals surface area contributed by atoms with Crippen molar-refractivity contribution in [3.8, 4) is 10.7 Å². The fourth-order valence-electron chi connectivity index (χ4n) is 4.76. The molecule has 0 saturated carbocycles. The summed E-state index contributed by atoms with van der Waals surface area (Å²) in [5, 5.41) is 24.9. The van der Waals surface area contributed by atoms with Crippen LogP contribution in [0.5, 0.6) is 0 Å². The maximum Gasteiger partial charge on any atom is 0.406 e. The van der Waals surface area contributed by atoms with Crippen LogP contribution in [0, 0.1) is 0 Å². The van der Waals surface area contributed by atoms with E-state index in [9.17, 15) is 22.8 Å². The Morgan fingerprint density at radius 2 is 1.77 bits per heavy atom. The number of aromatic carboxylic acids is 1. The normalized spacial score (nSPS) is 14.9. The number of carbonyl (C=O) groups excluding carboxylic acids is 1. The van der Waals surface area contributed by atoms with Gasteiger partial charge >= 0.3 is 12.1 Å². The second kappa shape index (κ2) is 11.3. The Kier molecular flexibility index (Phi) is 7.76. The third kappa shape index (κ3) is 6.26. The molecule has 2 aromatic heterocycles. The first-order chi connectivity index (χ1) is 19.1. The maximum atomic E-state index is 13.6. The summed E-state index contributed by atoms with van der Waals surface area (Å²) in [7, 11) is 2.07. The summed E-state index contributed by atoms with van der Waals surface area (Å²) in [5.74, 6) is -1.54. The van der Waals surface area contributed by atoms with Crippen LogP contribution in [0.25, 0.3) is 21.6 Å². The molecule has 1 fully saturated rings. The molecule has 1 saturated heterocycles. The van der Waals surface area contributed by atoms with E-state index in [4.69, 9.17) is 5.11 Å². The fourth-order valence-corrected chi connectivity index (χ4v) is 5.57. The molecule has 0 aliphatic carbocycles. The van der Waals surface area contributed by atoms with E-state index in [1.807, 2.05) is 6.07 Å². The zero-order valence-electron chi connectivity index (χ0n) is 21.5. The van der Waals surface area contributed by atoms with Crippen LogP contribution in [0.4, 0.5) is 18.9 Å². The Morgan fingerprint density at radius 3 is 2.45 bits per heavy atom. The van der Waals surface area contributed by atoms with E-state index in [0.717, 1.165) is 43.0 Å². The quantitative estimate of drug-likeness (QED) is 0.277. The van der Waals surface area contributed by atoms with E-state index >= 15 is 0 Å². The van der Waals surface area contributed by atoms with Crippen LogP contribution in [-0.2, 0) is 13.1 Å². The minimum absolute atomic E-state index is 0.0135. The Balaban J connectivity index is 1.38. The van der Waals surface area contributed by atoms with Gasteiger partial charge in [0.1, 0.15) is 11.6 Å². The van der Waals surface area contributed by atoms with Gasteiger partial charge in [0.25, 0.3) is 5.91 Å². The molecule has 3 N–H and O–H groups in total. The number of nitrogens with one attached hydrogen (secondary N) is 2. The van der Waals surface area contributed by atoms with Crippen LogP contribution in [0.3, 0.4) is 0 Å². The molecule has 0 unspecified atom stereocenters. The lowest BCUT2D eigenvalue weighted by molar-refractivity contribution is -0.139. The molecule has 5 rings (SSSR count). The summed E-state index contributed by atoms with van der Waals surface area (Å²) < 4.78 is 42.1. The standard InChI is InChI=1S/C27H27F3N6O3S/c1-35-11-9-18(10-12-35)32-20-3-2-4-21-19(20)13-22(36(21)15-27(28,29)30)25-34-33-23(40-25)14-31-24(37)16-5-7-17(8-6-16)26(38)39/h2-8,13,18,32H,9-12,14-15H2,1H3,(H,31,37)(H,38,39). The van der Waals surface area contributed by atoms with Gasteiger partial charge in [-0.3, -0.25) is 4.79 Å². The Bertz CT molecular complexity index is 1520. The molecule has 13 heteroatoms. The number of hydrogen-bond donors (Lipinski definition) is 3. The van der Waals surface area contributed by atoms with Gasteiger partial charge in [-0.25, -0.2) is 4.79 Å². The van der Waals surface area contributed by atoms with Crippen molar-refractivity contribution in [2.24, 2.45) is 0 Å². The van der Waals surface area contributed by atoms with Crippen LogP contribution >= 0.6 is 11.3 Å². The number of benzene rings is 2. The van der Waals surface area contributed by atoms with Crippen molar-refractivity contribution in [1.29, 1.82) is 0 Å². The van der Waals surface area contributed by atoms with Gasteiger partial charge in [0, 0.05) is 22.7 Å². The summed E-state index contributed by atoms with van der Waals surface area (Å²) in [5.41, 5.74) is 1.85. The first-order valence-corrected chi connectivity index (χ1v) is 13.5. The summed E-state index contributed by atoms with van der Waals surface area (Å²) in [4.78, 5) is 25.7. The third-order valence-corrected chi connectivity index (χ3v) is 7.79. The number of halogens is 3. The highest BCUT2D eigenvalue weighted by Crippen LogP contribution is 2.36. The lowest BCUT2D eigenvalue weighted by atomic mass is 10.0. The van der Waals surface area contributed by atoms with Crippen molar-refractivity contribution in [3.05, 3.63) is 64.7 Å². The third-order valence-electron chi connectivity index (χ3n) is 6.84. The number of carboxylic acids is 1. The number of alkyl halides is 3. The zero-order valence-corrected chi connectivity index (χ0v) is 22.3. The molecule has 3 heterocycles. The number of anilines is 1. The minimum atomic E-state index is -4.45. The largest absolute Gasteiger partial charge is 0.478 e.